The van der Waals surface area contributed by atoms with Crippen molar-refractivity contribution in [3.63, 3.8) is 0 Å². The minimum absolute atomic E-state index is 0.117. The third kappa shape index (κ3) is 3.40. The van der Waals surface area contributed by atoms with E-state index in [0.717, 1.165) is 31.8 Å². The van der Waals surface area contributed by atoms with Gasteiger partial charge in [-0.1, -0.05) is 19.1 Å². The van der Waals surface area contributed by atoms with Gasteiger partial charge in [-0.25, -0.2) is 4.79 Å². The second kappa shape index (κ2) is 6.36. The lowest BCUT2D eigenvalue weighted by molar-refractivity contribution is 0.142. The van der Waals surface area contributed by atoms with Crippen molar-refractivity contribution in [1.29, 1.82) is 0 Å². The maximum Gasteiger partial charge on any atom is 0.320 e. The molecule has 1 saturated heterocycles. The van der Waals surface area contributed by atoms with Crippen LogP contribution in [0.25, 0.3) is 0 Å². The summed E-state index contributed by atoms with van der Waals surface area (Å²) in [4.78, 5) is 15.9. The second-order valence-corrected chi connectivity index (χ2v) is 4.43. The summed E-state index contributed by atoms with van der Waals surface area (Å²) in [6.07, 6.45) is 5.74. The topological polar surface area (TPSA) is 23.6 Å². The predicted molar refractivity (Wildman–Crippen MR) is 67.3 cm³/mol. The molecule has 1 heterocycles. The zero-order chi connectivity index (χ0) is 12.0. The zero-order valence-electron chi connectivity index (χ0n) is 10.2. The summed E-state index contributed by atoms with van der Waals surface area (Å²) in [6, 6.07) is 0.117. The average molecular weight is 222 g/mol. The van der Waals surface area contributed by atoms with Crippen LogP contribution in [0.5, 0.6) is 0 Å². The van der Waals surface area contributed by atoms with Gasteiger partial charge in [0, 0.05) is 26.2 Å². The fraction of sp³-hybridized carbons (Fsp3) is 0.615. The zero-order valence-corrected chi connectivity index (χ0v) is 10.2. The fourth-order valence-electron chi connectivity index (χ4n) is 1.94. The number of likely N-dealkylation sites (tertiary alicyclic amines) is 1. The Morgan fingerprint density at radius 1 is 1.31 bits per heavy atom. The van der Waals surface area contributed by atoms with E-state index >= 15 is 0 Å². The molecule has 0 atom stereocenters. The molecule has 1 fully saturated rings. The van der Waals surface area contributed by atoms with Gasteiger partial charge in [0.1, 0.15) is 0 Å². The van der Waals surface area contributed by atoms with Crippen molar-refractivity contribution in [2.24, 2.45) is 5.92 Å². The Balaban J connectivity index is 2.52. The van der Waals surface area contributed by atoms with Crippen molar-refractivity contribution in [3.8, 4) is 0 Å². The number of carbonyl (C=O) groups excluding carboxylic acids is 1. The van der Waals surface area contributed by atoms with Gasteiger partial charge in [-0.05, 0) is 18.8 Å². The Morgan fingerprint density at radius 3 is 2.25 bits per heavy atom. The molecule has 0 bridgehead atoms. The predicted octanol–water partition coefficient (Wildman–Crippen LogP) is 2.51. The van der Waals surface area contributed by atoms with Crippen LogP contribution >= 0.6 is 0 Å². The molecule has 90 valence electrons. The first-order chi connectivity index (χ1) is 7.69. The molecule has 0 aromatic heterocycles. The minimum Gasteiger partial charge on any atom is -0.325 e. The van der Waals surface area contributed by atoms with Gasteiger partial charge in [0.05, 0.1) is 0 Å². The molecule has 0 aromatic rings. The Hall–Kier alpha value is -1.25. The van der Waals surface area contributed by atoms with Crippen LogP contribution in [0.2, 0.25) is 0 Å². The molecule has 16 heavy (non-hydrogen) atoms. The lowest BCUT2D eigenvalue weighted by atomic mass is 9.99. The normalized spacial score (nSPS) is 16.9. The number of hydrogen-bond donors (Lipinski definition) is 0. The summed E-state index contributed by atoms with van der Waals surface area (Å²) in [7, 11) is 0. The highest BCUT2D eigenvalue weighted by molar-refractivity contribution is 5.74. The van der Waals surface area contributed by atoms with Crippen molar-refractivity contribution in [2.45, 2.75) is 19.8 Å². The first-order valence-electron chi connectivity index (χ1n) is 5.94. The van der Waals surface area contributed by atoms with Crippen LogP contribution in [-0.4, -0.2) is 42.0 Å². The standard InChI is InChI=1S/C13H22N2O/c1-4-8-14(9-5-2)13(16)15-10-6-12(3)7-11-15/h4-5,12H,1-2,6-11H2,3H3. The maximum absolute atomic E-state index is 12.1. The van der Waals surface area contributed by atoms with Crippen LogP contribution in [0.15, 0.2) is 25.3 Å². The van der Waals surface area contributed by atoms with Crippen LogP contribution in [-0.2, 0) is 0 Å². The number of hydrogen-bond acceptors (Lipinski definition) is 1. The lowest BCUT2D eigenvalue weighted by Crippen LogP contribution is -2.46. The summed E-state index contributed by atoms with van der Waals surface area (Å²) in [5.41, 5.74) is 0. The highest BCUT2D eigenvalue weighted by atomic mass is 16.2. The van der Waals surface area contributed by atoms with Crippen LogP contribution in [0.1, 0.15) is 19.8 Å². The van der Waals surface area contributed by atoms with Crippen LogP contribution in [0.4, 0.5) is 4.79 Å². The van der Waals surface area contributed by atoms with E-state index < -0.39 is 0 Å². The van der Waals surface area contributed by atoms with E-state index in [0.29, 0.717) is 13.1 Å². The number of urea groups is 1. The molecule has 0 saturated carbocycles. The van der Waals surface area contributed by atoms with Crippen molar-refractivity contribution >= 4 is 6.03 Å². The molecule has 3 nitrogen and oxygen atoms in total. The Kier molecular flexibility index (Phi) is 5.09. The van der Waals surface area contributed by atoms with Crippen molar-refractivity contribution in [2.75, 3.05) is 26.2 Å². The molecular weight excluding hydrogens is 200 g/mol. The molecule has 1 aliphatic heterocycles. The number of nitrogens with zero attached hydrogens (tertiary/aromatic N) is 2. The molecule has 0 unspecified atom stereocenters. The van der Waals surface area contributed by atoms with Gasteiger partial charge in [-0.3, -0.25) is 0 Å². The van der Waals surface area contributed by atoms with Crippen LogP contribution in [0.3, 0.4) is 0 Å². The van der Waals surface area contributed by atoms with E-state index in [9.17, 15) is 4.79 Å². The third-order valence-electron chi connectivity index (χ3n) is 3.02. The molecule has 1 aliphatic rings. The van der Waals surface area contributed by atoms with Gasteiger partial charge >= 0.3 is 6.03 Å². The van der Waals surface area contributed by atoms with E-state index in [1.165, 1.54) is 0 Å². The van der Waals surface area contributed by atoms with Gasteiger partial charge in [-0.15, -0.1) is 13.2 Å². The lowest BCUT2D eigenvalue weighted by Gasteiger charge is -2.34. The number of carbonyl (C=O) groups is 1. The van der Waals surface area contributed by atoms with Gasteiger partial charge in [0.15, 0.2) is 0 Å². The maximum atomic E-state index is 12.1. The molecule has 0 aliphatic carbocycles. The van der Waals surface area contributed by atoms with Crippen molar-refractivity contribution < 1.29 is 4.79 Å². The highest BCUT2D eigenvalue weighted by Crippen LogP contribution is 2.17. The average Bonchev–Trinajstić information content (AvgIpc) is 2.29. The van der Waals surface area contributed by atoms with Crippen molar-refractivity contribution in [3.05, 3.63) is 25.3 Å². The van der Waals surface area contributed by atoms with E-state index in [4.69, 9.17) is 0 Å². The van der Waals surface area contributed by atoms with Crippen LogP contribution in [0, 0.1) is 5.92 Å². The quantitative estimate of drug-likeness (QED) is 0.670. The molecule has 1 rings (SSSR count). The molecule has 0 aromatic carbocycles. The van der Waals surface area contributed by atoms with E-state index in [1.54, 1.807) is 17.1 Å². The summed E-state index contributed by atoms with van der Waals surface area (Å²) in [6.45, 7) is 12.5. The van der Waals surface area contributed by atoms with Gasteiger partial charge in [0.25, 0.3) is 0 Å². The molecule has 0 radical (unpaired) electrons. The van der Waals surface area contributed by atoms with Gasteiger partial charge < -0.3 is 9.80 Å². The number of piperidine rings is 1. The van der Waals surface area contributed by atoms with Crippen molar-refractivity contribution in [1.82, 2.24) is 9.80 Å². The first-order valence-corrected chi connectivity index (χ1v) is 5.94. The SMILES string of the molecule is C=CCN(CC=C)C(=O)N1CCC(C)CC1. The summed E-state index contributed by atoms with van der Waals surface area (Å²) >= 11 is 0. The highest BCUT2D eigenvalue weighted by Gasteiger charge is 2.23. The number of amides is 2. The Labute approximate surface area is 98.4 Å². The second-order valence-electron chi connectivity index (χ2n) is 4.43. The van der Waals surface area contributed by atoms with Gasteiger partial charge in [-0.2, -0.15) is 0 Å². The third-order valence-corrected chi connectivity index (χ3v) is 3.02. The summed E-state index contributed by atoms with van der Waals surface area (Å²) < 4.78 is 0. The van der Waals surface area contributed by atoms with E-state index in [2.05, 4.69) is 20.1 Å². The molecular formula is C13H22N2O. The monoisotopic (exact) mass is 222 g/mol. The largest absolute Gasteiger partial charge is 0.325 e. The molecule has 3 heteroatoms. The summed E-state index contributed by atoms with van der Waals surface area (Å²) in [5.74, 6) is 0.747. The minimum atomic E-state index is 0.117. The number of rotatable bonds is 4. The smallest absolute Gasteiger partial charge is 0.320 e. The van der Waals surface area contributed by atoms with Gasteiger partial charge in [0.2, 0.25) is 0 Å². The van der Waals surface area contributed by atoms with E-state index in [-0.39, 0.29) is 6.03 Å². The molecule has 2 amide bonds. The Bertz CT molecular complexity index is 245. The first kappa shape index (κ1) is 12.8. The Morgan fingerprint density at radius 2 is 1.81 bits per heavy atom. The fourth-order valence-corrected chi connectivity index (χ4v) is 1.94. The molecule has 0 N–H and O–H groups in total. The van der Waals surface area contributed by atoms with Crippen LogP contribution < -0.4 is 0 Å². The summed E-state index contributed by atoms with van der Waals surface area (Å²) in [5, 5.41) is 0. The molecule has 0 spiro atoms. The van der Waals surface area contributed by atoms with E-state index in [1.807, 2.05) is 4.90 Å².